The molecule has 1 fully saturated rings. The van der Waals surface area contributed by atoms with Gasteiger partial charge in [0.15, 0.2) is 5.78 Å². The topological polar surface area (TPSA) is 58.6 Å². The monoisotopic (exact) mass is 370 g/mol. The minimum Gasteiger partial charge on any atom is -0.378 e. The molecule has 0 radical (unpaired) electrons. The van der Waals surface area contributed by atoms with Crippen LogP contribution in [0.3, 0.4) is 0 Å². The van der Waals surface area contributed by atoms with Crippen molar-refractivity contribution in [2.24, 2.45) is 5.92 Å². The van der Waals surface area contributed by atoms with Crippen LogP contribution < -0.4 is 5.32 Å². The van der Waals surface area contributed by atoms with Gasteiger partial charge in [-0.2, -0.15) is 0 Å². The second-order valence-electron chi connectivity index (χ2n) is 7.26. The molecule has 2 heterocycles. The molecule has 2 atom stereocenters. The lowest BCUT2D eigenvalue weighted by Gasteiger charge is -2.41. The first-order chi connectivity index (χ1) is 13.1. The van der Waals surface area contributed by atoms with Crippen molar-refractivity contribution >= 4 is 11.7 Å². The summed E-state index contributed by atoms with van der Waals surface area (Å²) in [5.74, 6) is -1.36. The summed E-state index contributed by atoms with van der Waals surface area (Å²) in [6.07, 6.45) is 2.02. The van der Waals surface area contributed by atoms with E-state index in [0.29, 0.717) is 44.0 Å². The molecule has 1 amide bonds. The van der Waals surface area contributed by atoms with Crippen molar-refractivity contribution in [3.63, 3.8) is 0 Å². The Kier molecular flexibility index (Phi) is 4.83. The van der Waals surface area contributed by atoms with Crippen molar-refractivity contribution in [2.75, 3.05) is 26.3 Å². The molecule has 0 bridgehead atoms. The lowest BCUT2D eigenvalue weighted by molar-refractivity contribution is -0.139. The predicted octanol–water partition coefficient (Wildman–Crippen LogP) is 2.51. The van der Waals surface area contributed by atoms with Gasteiger partial charge in [0.2, 0.25) is 5.91 Å². The van der Waals surface area contributed by atoms with Gasteiger partial charge in [-0.05, 0) is 30.5 Å². The third-order valence-electron chi connectivity index (χ3n) is 5.61. The van der Waals surface area contributed by atoms with Crippen molar-refractivity contribution in [1.82, 2.24) is 10.2 Å². The van der Waals surface area contributed by atoms with E-state index in [-0.39, 0.29) is 17.5 Å². The number of allylic oxidation sites excluding steroid dienone is 2. The van der Waals surface area contributed by atoms with Gasteiger partial charge in [-0.25, -0.2) is 4.39 Å². The molecule has 6 heteroatoms. The number of hydrogen-bond donors (Lipinski definition) is 1. The molecular formula is C21H23FN2O3. The molecule has 0 saturated carbocycles. The molecule has 1 aromatic rings. The van der Waals surface area contributed by atoms with Crippen molar-refractivity contribution in [1.29, 1.82) is 0 Å². The number of benzene rings is 1. The fourth-order valence-corrected chi connectivity index (χ4v) is 4.30. The average Bonchev–Trinajstić information content (AvgIpc) is 2.68. The van der Waals surface area contributed by atoms with Crippen LogP contribution in [0.2, 0.25) is 0 Å². The van der Waals surface area contributed by atoms with E-state index < -0.39 is 11.8 Å². The first-order valence-electron chi connectivity index (χ1n) is 9.40. The Morgan fingerprint density at radius 1 is 1.19 bits per heavy atom. The van der Waals surface area contributed by atoms with Crippen LogP contribution in [0.4, 0.5) is 4.39 Å². The van der Waals surface area contributed by atoms with Crippen LogP contribution in [-0.2, 0) is 14.3 Å². The number of ketones is 1. The van der Waals surface area contributed by atoms with Gasteiger partial charge in [0.25, 0.3) is 0 Å². The average molecular weight is 370 g/mol. The zero-order valence-electron chi connectivity index (χ0n) is 15.2. The first kappa shape index (κ1) is 17.9. The number of nitrogens with zero attached hydrogens (tertiary/aromatic N) is 1. The van der Waals surface area contributed by atoms with Crippen LogP contribution >= 0.6 is 0 Å². The molecule has 1 aromatic carbocycles. The standard InChI is InChI=1S/C21H23FN2O3/c1-13-18(21(26)24-9-11-27-12-10-24)19(14-5-7-15(22)8-6-14)20-16(23-13)3-2-4-17(20)25/h5-8,18-19,23H,1-4,9-12H2. The molecular weight excluding hydrogens is 347 g/mol. The second-order valence-corrected chi connectivity index (χ2v) is 7.26. The van der Waals surface area contributed by atoms with Gasteiger partial charge in [0, 0.05) is 42.4 Å². The number of carbonyl (C=O) groups is 2. The van der Waals surface area contributed by atoms with Crippen LogP contribution in [0, 0.1) is 11.7 Å². The highest BCUT2D eigenvalue weighted by molar-refractivity contribution is 6.00. The zero-order chi connectivity index (χ0) is 19.0. The van der Waals surface area contributed by atoms with E-state index in [9.17, 15) is 14.0 Å². The summed E-state index contributed by atoms with van der Waals surface area (Å²) in [7, 11) is 0. The maximum atomic E-state index is 13.5. The van der Waals surface area contributed by atoms with E-state index in [0.717, 1.165) is 24.1 Å². The third kappa shape index (κ3) is 3.30. The van der Waals surface area contributed by atoms with Crippen molar-refractivity contribution in [2.45, 2.75) is 25.2 Å². The quantitative estimate of drug-likeness (QED) is 0.869. The highest BCUT2D eigenvalue weighted by atomic mass is 19.1. The summed E-state index contributed by atoms with van der Waals surface area (Å²) >= 11 is 0. The van der Waals surface area contributed by atoms with Gasteiger partial charge in [0.05, 0.1) is 19.1 Å². The van der Waals surface area contributed by atoms with Crippen molar-refractivity contribution in [3.05, 3.63) is 59.2 Å². The fourth-order valence-electron chi connectivity index (χ4n) is 4.30. The Hall–Kier alpha value is -2.47. The highest BCUT2D eigenvalue weighted by Crippen LogP contribution is 2.44. The predicted molar refractivity (Wildman–Crippen MR) is 98.2 cm³/mol. The number of amides is 1. The van der Waals surface area contributed by atoms with Crippen LogP contribution in [0.25, 0.3) is 0 Å². The summed E-state index contributed by atoms with van der Waals surface area (Å²) < 4.78 is 18.8. The van der Waals surface area contributed by atoms with Crippen LogP contribution in [0.1, 0.15) is 30.7 Å². The molecule has 3 aliphatic rings. The summed E-state index contributed by atoms with van der Waals surface area (Å²) in [5, 5.41) is 3.24. The van der Waals surface area contributed by atoms with Crippen LogP contribution in [-0.4, -0.2) is 42.9 Å². The molecule has 2 unspecified atom stereocenters. The van der Waals surface area contributed by atoms with E-state index in [4.69, 9.17) is 4.74 Å². The van der Waals surface area contributed by atoms with Crippen molar-refractivity contribution < 1.29 is 18.7 Å². The molecule has 5 nitrogen and oxygen atoms in total. The maximum absolute atomic E-state index is 13.5. The van der Waals surface area contributed by atoms with Gasteiger partial charge in [-0.1, -0.05) is 18.7 Å². The van der Waals surface area contributed by atoms with E-state index in [1.54, 1.807) is 17.0 Å². The van der Waals surface area contributed by atoms with Crippen LogP contribution in [0.5, 0.6) is 0 Å². The maximum Gasteiger partial charge on any atom is 0.232 e. The smallest absolute Gasteiger partial charge is 0.232 e. The number of carbonyl (C=O) groups excluding carboxylic acids is 2. The Labute approximate surface area is 157 Å². The minimum atomic E-state index is -0.589. The van der Waals surface area contributed by atoms with Gasteiger partial charge in [0.1, 0.15) is 5.82 Å². The number of Topliss-reactive ketones (excluding diaryl/α,β-unsaturated/α-hetero) is 1. The Bertz CT molecular complexity index is 809. The second kappa shape index (κ2) is 7.27. The number of rotatable bonds is 2. The van der Waals surface area contributed by atoms with Gasteiger partial charge in [-0.3, -0.25) is 9.59 Å². The number of halogens is 1. The Morgan fingerprint density at radius 2 is 1.89 bits per heavy atom. The number of morpholine rings is 1. The SMILES string of the molecule is C=C1NC2=C(C(=O)CCC2)C(c2ccc(F)cc2)C1C(=O)N1CCOCC1. The van der Waals surface area contributed by atoms with E-state index in [1.165, 1.54) is 12.1 Å². The minimum absolute atomic E-state index is 0.0601. The van der Waals surface area contributed by atoms with Crippen molar-refractivity contribution in [3.8, 4) is 0 Å². The highest BCUT2D eigenvalue weighted by Gasteiger charge is 2.44. The number of hydrogen-bond acceptors (Lipinski definition) is 4. The normalized spacial score (nSPS) is 25.9. The van der Waals surface area contributed by atoms with Gasteiger partial charge in [-0.15, -0.1) is 0 Å². The molecule has 142 valence electrons. The largest absolute Gasteiger partial charge is 0.378 e. The van der Waals surface area contributed by atoms with E-state index in [2.05, 4.69) is 11.9 Å². The summed E-state index contributed by atoms with van der Waals surface area (Å²) in [4.78, 5) is 27.9. The molecule has 1 saturated heterocycles. The Morgan fingerprint density at radius 3 is 2.59 bits per heavy atom. The van der Waals surface area contributed by atoms with Gasteiger partial charge >= 0.3 is 0 Å². The molecule has 27 heavy (non-hydrogen) atoms. The molecule has 1 N–H and O–H groups in total. The van der Waals surface area contributed by atoms with Gasteiger partial charge < -0.3 is 15.0 Å². The first-order valence-corrected chi connectivity index (χ1v) is 9.40. The summed E-state index contributed by atoms with van der Waals surface area (Å²) in [6, 6.07) is 6.10. The molecule has 2 aliphatic heterocycles. The van der Waals surface area contributed by atoms with E-state index >= 15 is 0 Å². The molecule has 0 aromatic heterocycles. The fraction of sp³-hybridized carbons (Fsp3) is 0.429. The molecule has 0 spiro atoms. The third-order valence-corrected chi connectivity index (χ3v) is 5.61. The number of ether oxygens (including phenoxy) is 1. The molecule has 4 rings (SSSR count). The summed E-state index contributed by atoms with van der Waals surface area (Å²) in [6.45, 7) is 6.18. The van der Waals surface area contributed by atoms with E-state index in [1.807, 2.05) is 0 Å². The lowest BCUT2D eigenvalue weighted by Crippen LogP contribution is -2.49. The lowest BCUT2D eigenvalue weighted by atomic mass is 9.71. The zero-order valence-corrected chi connectivity index (χ0v) is 15.2. The molecule has 1 aliphatic carbocycles. The van der Waals surface area contributed by atoms with Crippen LogP contribution in [0.15, 0.2) is 47.8 Å². The number of nitrogens with one attached hydrogen (secondary N) is 1. The Balaban J connectivity index is 1.79. The summed E-state index contributed by atoms with van der Waals surface area (Å²) in [5.41, 5.74) is 2.89.